The standard InChI is InChI=1S/C30H30N2O2/c1-3-19-18-32-15-13-21(19)16-27(32)29(30-23-7-5-4-6-20(23)8-11-28(30)33)24-12-14-31-26-10-9-22(34-2)17-25(24)26/h3-12,14,17,19,21,27,29,33H,1,13,15-16,18H2,2H3/t19-,21-,27-,29-/m0/s1. The molecule has 0 spiro atoms. The molecule has 3 aliphatic heterocycles. The smallest absolute Gasteiger partial charge is 0.120 e. The zero-order valence-corrected chi connectivity index (χ0v) is 19.5. The van der Waals surface area contributed by atoms with Gasteiger partial charge in [0.25, 0.3) is 0 Å². The number of hydrogen-bond acceptors (Lipinski definition) is 4. The molecule has 4 heteroatoms. The number of benzene rings is 3. The Labute approximate surface area is 200 Å². The van der Waals surface area contributed by atoms with Gasteiger partial charge in [-0.2, -0.15) is 0 Å². The Morgan fingerprint density at radius 2 is 2.00 bits per heavy atom. The van der Waals surface area contributed by atoms with Crippen LogP contribution < -0.4 is 4.74 Å². The van der Waals surface area contributed by atoms with Gasteiger partial charge in [0.1, 0.15) is 11.5 Å². The van der Waals surface area contributed by atoms with Crippen molar-refractivity contribution < 1.29 is 9.84 Å². The van der Waals surface area contributed by atoms with E-state index in [9.17, 15) is 5.11 Å². The van der Waals surface area contributed by atoms with E-state index in [4.69, 9.17) is 4.74 Å². The molecule has 0 radical (unpaired) electrons. The molecule has 1 aromatic heterocycles. The number of rotatable bonds is 5. The lowest BCUT2D eigenvalue weighted by Crippen LogP contribution is -2.55. The van der Waals surface area contributed by atoms with E-state index in [0.29, 0.717) is 23.6 Å². The number of aromatic hydroxyl groups is 1. The van der Waals surface area contributed by atoms with Gasteiger partial charge in [-0.25, -0.2) is 0 Å². The van der Waals surface area contributed by atoms with E-state index in [0.717, 1.165) is 52.5 Å². The second-order valence-electron chi connectivity index (χ2n) is 9.73. The number of methoxy groups -OCH3 is 1. The number of fused-ring (bicyclic) bond motifs is 5. The SMILES string of the molecule is C=C[C@H]1CN2CC[C@H]1C[C@H]2[C@@H](c1c(O)ccc2ccccc12)c1ccnc2ccc(OC)cc12. The Bertz CT molecular complexity index is 1380. The van der Waals surface area contributed by atoms with Crippen LogP contribution in [-0.4, -0.2) is 41.2 Å². The maximum Gasteiger partial charge on any atom is 0.120 e. The fourth-order valence-corrected chi connectivity index (χ4v) is 6.43. The Morgan fingerprint density at radius 1 is 1.12 bits per heavy atom. The van der Waals surface area contributed by atoms with E-state index in [1.54, 1.807) is 7.11 Å². The first-order valence-electron chi connectivity index (χ1n) is 12.2. The van der Waals surface area contributed by atoms with E-state index < -0.39 is 0 Å². The van der Waals surface area contributed by atoms with Gasteiger partial charge in [-0.15, -0.1) is 6.58 Å². The van der Waals surface area contributed by atoms with Crippen molar-refractivity contribution >= 4 is 21.7 Å². The highest BCUT2D eigenvalue weighted by molar-refractivity contribution is 5.91. The molecule has 3 fully saturated rings. The van der Waals surface area contributed by atoms with Crippen LogP contribution in [0.1, 0.15) is 29.9 Å². The third-order valence-corrected chi connectivity index (χ3v) is 8.11. The number of hydrogen-bond donors (Lipinski definition) is 1. The maximum atomic E-state index is 11.3. The summed E-state index contributed by atoms with van der Waals surface area (Å²) in [5.41, 5.74) is 3.16. The summed E-state index contributed by atoms with van der Waals surface area (Å²) in [5.74, 6) is 2.37. The molecular weight excluding hydrogens is 420 g/mol. The lowest BCUT2D eigenvalue weighted by molar-refractivity contribution is 0.0121. The van der Waals surface area contributed by atoms with E-state index >= 15 is 0 Å². The van der Waals surface area contributed by atoms with Crippen LogP contribution >= 0.6 is 0 Å². The van der Waals surface area contributed by atoms with Crippen LogP contribution in [0.3, 0.4) is 0 Å². The van der Waals surface area contributed by atoms with Crippen molar-refractivity contribution in [2.24, 2.45) is 11.8 Å². The largest absolute Gasteiger partial charge is 0.508 e. The molecule has 4 heterocycles. The fourth-order valence-electron chi connectivity index (χ4n) is 6.43. The molecule has 4 nitrogen and oxygen atoms in total. The maximum absolute atomic E-state index is 11.3. The molecule has 3 aromatic carbocycles. The highest BCUT2D eigenvalue weighted by Crippen LogP contribution is 2.48. The quantitative estimate of drug-likeness (QED) is 0.372. The van der Waals surface area contributed by atoms with E-state index in [-0.39, 0.29) is 5.92 Å². The van der Waals surface area contributed by atoms with Crippen LogP contribution in [0.5, 0.6) is 11.5 Å². The third-order valence-electron chi connectivity index (χ3n) is 8.11. The molecule has 172 valence electrons. The number of phenols is 1. The highest BCUT2D eigenvalue weighted by atomic mass is 16.5. The zero-order valence-electron chi connectivity index (χ0n) is 19.5. The lowest BCUT2D eigenvalue weighted by Gasteiger charge is -2.52. The molecule has 0 saturated carbocycles. The second-order valence-corrected chi connectivity index (χ2v) is 9.73. The third kappa shape index (κ3) is 3.36. The lowest BCUT2D eigenvalue weighted by atomic mass is 9.69. The van der Waals surface area contributed by atoms with Gasteiger partial charge in [0.05, 0.1) is 12.6 Å². The number of ether oxygens (including phenoxy) is 1. The first kappa shape index (κ1) is 21.2. The molecule has 1 unspecified atom stereocenters. The van der Waals surface area contributed by atoms with Gasteiger partial charge in [-0.3, -0.25) is 9.88 Å². The normalized spacial score (nSPS) is 24.9. The molecule has 4 aromatic rings. The first-order valence-corrected chi connectivity index (χ1v) is 12.2. The van der Waals surface area contributed by atoms with Crippen molar-refractivity contribution in [2.75, 3.05) is 20.2 Å². The molecule has 7 rings (SSSR count). The summed E-state index contributed by atoms with van der Waals surface area (Å²) in [6.45, 7) is 6.24. The fraction of sp³-hybridized carbons (Fsp3) is 0.300. The van der Waals surface area contributed by atoms with Crippen LogP contribution in [-0.2, 0) is 0 Å². The number of pyridine rings is 1. The van der Waals surface area contributed by atoms with Gasteiger partial charge in [-0.1, -0.05) is 36.4 Å². The Balaban J connectivity index is 1.61. The summed E-state index contributed by atoms with van der Waals surface area (Å²) in [6, 6.07) is 20.8. The van der Waals surface area contributed by atoms with Crippen LogP contribution in [0, 0.1) is 11.8 Å². The Hall–Kier alpha value is -3.37. The van der Waals surface area contributed by atoms with Crippen molar-refractivity contribution in [3.05, 3.63) is 90.6 Å². The minimum atomic E-state index is 0.0114. The average molecular weight is 451 g/mol. The zero-order chi connectivity index (χ0) is 23.2. The van der Waals surface area contributed by atoms with Gasteiger partial charge in [0.2, 0.25) is 0 Å². The minimum Gasteiger partial charge on any atom is -0.508 e. The highest BCUT2D eigenvalue weighted by Gasteiger charge is 2.44. The number of nitrogens with zero attached hydrogens (tertiary/aromatic N) is 2. The molecule has 5 atom stereocenters. The molecule has 34 heavy (non-hydrogen) atoms. The van der Waals surface area contributed by atoms with Crippen LogP contribution in [0.15, 0.2) is 79.5 Å². The van der Waals surface area contributed by atoms with Gasteiger partial charge < -0.3 is 9.84 Å². The molecule has 0 aliphatic carbocycles. The first-order chi connectivity index (χ1) is 16.7. The van der Waals surface area contributed by atoms with E-state index in [1.165, 1.54) is 12.0 Å². The molecular formula is C30H30N2O2. The predicted octanol–water partition coefficient (Wildman–Crippen LogP) is 6.13. The van der Waals surface area contributed by atoms with Gasteiger partial charge in [-0.05, 0) is 77.9 Å². The van der Waals surface area contributed by atoms with E-state index in [1.807, 2.05) is 30.5 Å². The second kappa shape index (κ2) is 8.44. The average Bonchev–Trinajstić information content (AvgIpc) is 2.90. The van der Waals surface area contributed by atoms with E-state index in [2.05, 4.69) is 58.9 Å². The van der Waals surface area contributed by atoms with Gasteiger partial charge in [0, 0.05) is 35.7 Å². The molecule has 2 bridgehead atoms. The van der Waals surface area contributed by atoms with Crippen LogP contribution in [0.4, 0.5) is 0 Å². The van der Waals surface area contributed by atoms with Crippen molar-refractivity contribution in [1.82, 2.24) is 9.88 Å². The van der Waals surface area contributed by atoms with Gasteiger partial charge >= 0.3 is 0 Å². The van der Waals surface area contributed by atoms with Crippen molar-refractivity contribution in [3.8, 4) is 11.5 Å². The van der Waals surface area contributed by atoms with Gasteiger partial charge in [0.15, 0.2) is 0 Å². The summed E-state index contributed by atoms with van der Waals surface area (Å²) in [4.78, 5) is 7.28. The summed E-state index contributed by atoms with van der Waals surface area (Å²) >= 11 is 0. The molecule has 0 amide bonds. The number of aromatic nitrogens is 1. The van der Waals surface area contributed by atoms with Crippen LogP contribution in [0.25, 0.3) is 21.7 Å². The van der Waals surface area contributed by atoms with Crippen LogP contribution in [0.2, 0.25) is 0 Å². The number of piperidine rings is 3. The predicted molar refractivity (Wildman–Crippen MR) is 138 cm³/mol. The van der Waals surface area contributed by atoms with Crippen molar-refractivity contribution in [2.45, 2.75) is 24.8 Å². The summed E-state index contributed by atoms with van der Waals surface area (Å²) < 4.78 is 5.58. The molecule has 1 N–H and O–H groups in total. The summed E-state index contributed by atoms with van der Waals surface area (Å²) in [5, 5.41) is 14.7. The summed E-state index contributed by atoms with van der Waals surface area (Å²) in [7, 11) is 1.70. The van der Waals surface area contributed by atoms with Crippen molar-refractivity contribution in [3.63, 3.8) is 0 Å². The van der Waals surface area contributed by atoms with Crippen molar-refractivity contribution in [1.29, 1.82) is 0 Å². The minimum absolute atomic E-state index is 0.0114. The Morgan fingerprint density at radius 3 is 2.79 bits per heavy atom. The Kier molecular flexibility index (Phi) is 5.26. The summed E-state index contributed by atoms with van der Waals surface area (Å²) in [6.07, 6.45) is 6.36. The topological polar surface area (TPSA) is 45.6 Å². The monoisotopic (exact) mass is 450 g/mol. The molecule has 3 aliphatic rings. The number of phenolic OH excluding ortho intramolecular Hbond substituents is 1. The molecule has 3 saturated heterocycles.